The molecule has 1 unspecified atom stereocenters. The van der Waals surface area contributed by atoms with Crippen molar-refractivity contribution in [3.05, 3.63) is 24.2 Å². The van der Waals surface area contributed by atoms with Crippen molar-refractivity contribution in [1.82, 2.24) is 15.1 Å². The van der Waals surface area contributed by atoms with Crippen molar-refractivity contribution in [2.45, 2.75) is 20.4 Å². The summed E-state index contributed by atoms with van der Waals surface area (Å²) in [6.45, 7) is 13.7. The predicted octanol–water partition coefficient (Wildman–Crippen LogP) is 1.64. The average Bonchev–Trinajstić information content (AvgIpc) is 2.93. The Kier molecular flexibility index (Phi) is 5.89. The van der Waals surface area contributed by atoms with Crippen molar-refractivity contribution in [3.8, 4) is 0 Å². The SMILES string of the molecule is CCN1CCN(CC(C)CNCc2ccco2)CC1. The lowest BCUT2D eigenvalue weighted by molar-refractivity contribution is 0.124. The van der Waals surface area contributed by atoms with Gasteiger partial charge in [-0.3, -0.25) is 0 Å². The van der Waals surface area contributed by atoms with Gasteiger partial charge < -0.3 is 19.5 Å². The first kappa shape index (κ1) is 14.6. The van der Waals surface area contributed by atoms with E-state index >= 15 is 0 Å². The molecule has 108 valence electrons. The molecule has 1 aliphatic heterocycles. The van der Waals surface area contributed by atoms with E-state index in [1.807, 2.05) is 12.1 Å². The van der Waals surface area contributed by atoms with Crippen LogP contribution in [0.15, 0.2) is 22.8 Å². The van der Waals surface area contributed by atoms with Gasteiger partial charge in [0.25, 0.3) is 0 Å². The van der Waals surface area contributed by atoms with Crippen molar-refractivity contribution >= 4 is 0 Å². The molecule has 1 atom stereocenters. The van der Waals surface area contributed by atoms with Crippen LogP contribution < -0.4 is 5.32 Å². The summed E-state index contributed by atoms with van der Waals surface area (Å²) in [5.74, 6) is 1.70. The molecule has 0 saturated carbocycles. The Morgan fingerprint density at radius 3 is 2.63 bits per heavy atom. The first-order chi connectivity index (χ1) is 9.28. The smallest absolute Gasteiger partial charge is 0.117 e. The highest BCUT2D eigenvalue weighted by atomic mass is 16.3. The van der Waals surface area contributed by atoms with Gasteiger partial charge in [-0.25, -0.2) is 0 Å². The lowest BCUT2D eigenvalue weighted by atomic mass is 10.1. The second-order valence-corrected chi connectivity index (χ2v) is 5.55. The van der Waals surface area contributed by atoms with Crippen LogP contribution in [0.4, 0.5) is 0 Å². The van der Waals surface area contributed by atoms with E-state index in [1.54, 1.807) is 6.26 Å². The second kappa shape index (κ2) is 7.68. The van der Waals surface area contributed by atoms with Crippen LogP contribution in [0.5, 0.6) is 0 Å². The predicted molar refractivity (Wildman–Crippen MR) is 78.1 cm³/mol. The number of nitrogens with one attached hydrogen (secondary N) is 1. The number of rotatable bonds is 7. The molecular formula is C15H27N3O. The van der Waals surface area contributed by atoms with Gasteiger partial charge in [0, 0.05) is 32.7 Å². The molecule has 1 aromatic heterocycles. The van der Waals surface area contributed by atoms with Crippen molar-refractivity contribution < 1.29 is 4.42 Å². The third-order valence-corrected chi connectivity index (χ3v) is 3.85. The van der Waals surface area contributed by atoms with E-state index in [9.17, 15) is 0 Å². The molecule has 1 aromatic rings. The van der Waals surface area contributed by atoms with E-state index in [2.05, 4.69) is 29.0 Å². The van der Waals surface area contributed by atoms with Gasteiger partial charge in [-0.2, -0.15) is 0 Å². The van der Waals surface area contributed by atoms with Gasteiger partial charge in [0.2, 0.25) is 0 Å². The maximum Gasteiger partial charge on any atom is 0.117 e. The maximum absolute atomic E-state index is 5.31. The standard InChI is InChI=1S/C15H27N3O/c1-3-17-6-8-18(9-7-17)13-14(2)11-16-12-15-5-4-10-19-15/h4-5,10,14,16H,3,6-9,11-13H2,1-2H3. The van der Waals surface area contributed by atoms with E-state index in [0.717, 1.165) is 18.8 Å². The molecular weight excluding hydrogens is 238 g/mol. The monoisotopic (exact) mass is 265 g/mol. The first-order valence-corrected chi connectivity index (χ1v) is 7.45. The number of nitrogens with zero attached hydrogens (tertiary/aromatic N) is 2. The molecule has 0 aromatic carbocycles. The van der Waals surface area contributed by atoms with Crippen molar-refractivity contribution in [3.63, 3.8) is 0 Å². The third kappa shape index (κ3) is 4.97. The molecule has 0 bridgehead atoms. The van der Waals surface area contributed by atoms with Gasteiger partial charge in [0.15, 0.2) is 0 Å². The van der Waals surface area contributed by atoms with Crippen molar-refractivity contribution in [1.29, 1.82) is 0 Å². The summed E-state index contributed by atoms with van der Waals surface area (Å²) < 4.78 is 5.31. The molecule has 0 radical (unpaired) electrons. The molecule has 1 aliphatic rings. The highest BCUT2D eigenvalue weighted by Gasteiger charge is 2.17. The van der Waals surface area contributed by atoms with Crippen molar-refractivity contribution in [2.75, 3.05) is 45.8 Å². The van der Waals surface area contributed by atoms with Crippen LogP contribution in [0.1, 0.15) is 19.6 Å². The number of likely N-dealkylation sites (N-methyl/N-ethyl adjacent to an activating group) is 1. The van der Waals surface area contributed by atoms with Crippen LogP contribution in [-0.4, -0.2) is 55.6 Å². The van der Waals surface area contributed by atoms with E-state index in [1.165, 1.54) is 39.3 Å². The number of hydrogen-bond acceptors (Lipinski definition) is 4. The Balaban J connectivity index is 1.58. The highest BCUT2D eigenvalue weighted by Crippen LogP contribution is 2.05. The summed E-state index contributed by atoms with van der Waals surface area (Å²) in [6, 6.07) is 3.95. The van der Waals surface area contributed by atoms with Gasteiger partial charge in [-0.15, -0.1) is 0 Å². The van der Waals surface area contributed by atoms with E-state index in [4.69, 9.17) is 4.42 Å². The Morgan fingerprint density at radius 1 is 1.26 bits per heavy atom. The minimum Gasteiger partial charge on any atom is -0.468 e. The Bertz CT molecular complexity index is 331. The summed E-state index contributed by atoms with van der Waals surface area (Å²) in [5.41, 5.74) is 0. The maximum atomic E-state index is 5.31. The van der Waals surface area contributed by atoms with Crippen LogP contribution >= 0.6 is 0 Å². The molecule has 1 saturated heterocycles. The van der Waals surface area contributed by atoms with Gasteiger partial charge in [-0.1, -0.05) is 13.8 Å². The normalized spacial score (nSPS) is 19.7. The average molecular weight is 265 g/mol. The fourth-order valence-corrected chi connectivity index (χ4v) is 2.65. The summed E-state index contributed by atoms with van der Waals surface area (Å²) >= 11 is 0. The zero-order valence-corrected chi connectivity index (χ0v) is 12.3. The molecule has 0 spiro atoms. The zero-order valence-electron chi connectivity index (χ0n) is 12.3. The molecule has 2 heterocycles. The highest BCUT2D eigenvalue weighted by molar-refractivity contribution is 4.97. The quantitative estimate of drug-likeness (QED) is 0.812. The molecule has 0 aliphatic carbocycles. The van der Waals surface area contributed by atoms with E-state index in [0.29, 0.717) is 5.92 Å². The van der Waals surface area contributed by atoms with Gasteiger partial charge in [-0.05, 0) is 31.1 Å². The lowest BCUT2D eigenvalue weighted by Gasteiger charge is -2.35. The summed E-state index contributed by atoms with van der Waals surface area (Å²) in [6.07, 6.45) is 1.73. The minimum atomic E-state index is 0.683. The first-order valence-electron chi connectivity index (χ1n) is 7.45. The number of furan rings is 1. The molecule has 4 heteroatoms. The summed E-state index contributed by atoms with van der Waals surface area (Å²) in [7, 11) is 0. The molecule has 4 nitrogen and oxygen atoms in total. The van der Waals surface area contributed by atoms with Crippen LogP contribution in [-0.2, 0) is 6.54 Å². The fraction of sp³-hybridized carbons (Fsp3) is 0.733. The Labute approximate surface area is 116 Å². The molecule has 19 heavy (non-hydrogen) atoms. The largest absolute Gasteiger partial charge is 0.468 e. The van der Waals surface area contributed by atoms with E-state index < -0.39 is 0 Å². The fourth-order valence-electron chi connectivity index (χ4n) is 2.65. The summed E-state index contributed by atoms with van der Waals surface area (Å²) in [4.78, 5) is 5.11. The van der Waals surface area contributed by atoms with Crippen molar-refractivity contribution in [2.24, 2.45) is 5.92 Å². The van der Waals surface area contributed by atoms with Crippen LogP contribution in [0, 0.1) is 5.92 Å². The third-order valence-electron chi connectivity index (χ3n) is 3.85. The number of hydrogen-bond donors (Lipinski definition) is 1. The zero-order chi connectivity index (χ0) is 13.5. The number of piperazine rings is 1. The topological polar surface area (TPSA) is 31.6 Å². The molecule has 1 N–H and O–H groups in total. The van der Waals surface area contributed by atoms with Crippen LogP contribution in [0.2, 0.25) is 0 Å². The summed E-state index contributed by atoms with van der Waals surface area (Å²) in [5, 5.41) is 3.47. The lowest BCUT2D eigenvalue weighted by Crippen LogP contribution is -2.48. The molecule has 2 rings (SSSR count). The van der Waals surface area contributed by atoms with Gasteiger partial charge in [0.1, 0.15) is 5.76 Å². The van der Waals surface area contributed by atoms with Crippen LogP contribution in [0.25, 0.3) is 0 Å². The molecule has 1 fully saturated rings. The van der Waals surface area contributed by atoms with Crippen LogP contribution in [0.3, 0.4) is 0 Å². The van der Waals surface area contributed by atoms with Gasteiger partial charge >= 0.3 is 0 Å². The van der Waals surface area contributed by atoms with E-state index in [-0.39, 0.29) is 0 Å². The Morgan fingerprint density at radius 2 is 2.00 bits per heavy atom. The van der Waals surface area contributed by atoms with Gasteiger partial charge in [0.05, 0.1) is 12.8 Å². The Hall–Kier alpha value is -0.840. The second-order valence-electron chi connectivity index (χ2n) is 5.55. The minimum absolute atomic E-state index is 0.683. The molecule has 0 amide bonds.